The van der Waals surface area contributed by atoms with Gasteiger partial charge in [0, 0.05) is 18.2 Å². The van der Waals surface area contributed by atoms with Crippen molar-refractivity contribution in [1.29, 1.82) is 0 Å². The highest BCUT2D eigenvalue weighted by molar-refractivity contribution is 7.91. The summed E-state index contributed by atoms with van der Waals surface area (Å²) in [6, 6.07) is 10.7. The van der Waals surface area contributed by atoms with Crippen molar-refractivity contribution >= 4 is 38.9 Å². The Bertz CT molecular complexity index is 1070. The van der Waals surface area contributed by atoms with Gasteiger partial charge in [0.15, 0.2) is 15.6 Å². The maximum absolute atomic E-state index is 13.5. The van der Waals surface area contributed by atoms with Gasteiger partial charge in [-0.3, -0.25) is 4.79 Å². The Morgan fingerprint density at radius 2 is 1.72 bits per heavy atom. The van der Waals surface area contributed by atoms with Crippen molar-refractivity contribution in [2.24, 2.45) is 0 Å². The number of sulfone groups is 1. The van der Waals surface area contributed by atoms with Crippen LogP contribution in [0, 0.1) is 0 Å². The first kappa shape index (κ1) is 24.9. The Morgan fingerprint density at radius 1 is 1.12 bits per heavy atom. The molecule has 1 saturated heterocycles. The van der Waals surface area contributed by atoms with Crippen LogP contribution in [0.1, 0.15) is 55.6 Å². The number of nitrogens with zero attached hydrogens (tertiary/aromatic N) is 1. The minimum atomic E-state index is -3.17. The largest absolute Gasteiger partial charge is 0.491 e. The molecule has 1 atom stereocenters. The van der Waals surface area contributed by atoms with Crippen LogP contribution in [0.2, 0.25) is 10.0 Å². The number of halogens is 2. The number of amides is 1. The van der Waals surface area contributed by atoms with E-state index in [0.29, 0.717) is 30.9 Å². The average Bonchev–Trinajstić information content (AvgIpc) is 3.07. The van der Waals surface area contributed by atoms with Crippen molar-refractivity contribution in [3.05, 3.63) is 63.1 Å². The molecular weight excluding hydrogens is 469 g/mol. The number of ether oxygens (including phenoxy) is 1. The Morgan fingerprint density at radius 3 is 2.19 bits per heavy atom. The summed E-state index contributed by atoms with van der Waals surface area (Å²) in [6.45, 7) is 8.93. The maximum atomic E-state index is 13.5. The first-order valence-electron chi connectivity index (χ1n) is 10.6. The zero-order valence-electron chi connectivity index (χ0n) is 18.8. The molecular formula is C24H29Cl2NO4S. The maximum Gasteiger partial charge on any atom is 0.254 e. The quantitative estimate of drug-likeness (QED) is 0.526. The fourth-order valence-electron chi connectivity index (χ4n) is 3.83. The van der Waals surface area contributed by atoms with E-state index in [1.54, 1.807) is 4.90 Å². The van der Waals surface area contributed by atoms with Crippen molar-refractivity contribution in [1.82, 2.24) is 4.90 Å². The third-order valence-corrected chi connectivity index (χ3v) is 7.93. The lowest BCUT2D eigenvalue weighted by Crippen LogP contribution is -2.40. The molecule has 0 aliphatic carbocycles. The SMILES string of the molecule is CCOc1c(Cl)cc(C(=O)N(Cc2ccc(C(C)(C)C)cc2)C2CCS(=O)(=O)C2)cc1Cl. The Kier molecular flexibility index (Phi) is 7.48. The van der Waals surface area contributed by atoms with Gasteiger partial charge >= 0.3 is 0 Å². The number of carbonyl (C=O) groups excluding carboxylic acids is 1. The second kappa shape index (κ2) is 9.62. The second-order valence-corrected chi connectivity index (χ2v) is 12.2. The first-order chi connectivity index (χ1) is 14.9. The molecule has 0 N–H and O–H groups in total. The summed E-state index contributed by atoms with van der Waals surface area (Å²) in [4.78, 5) is 15.1. The van der Waals surface area contributed by atoms with Crippen molar-refractivity contribution in [3.8, 4) is 5.75 Å². The second-order valence-electron chi connectivity index (χ2n) is 9.14. The van der Waals surface area contributed by atoms with E-state index in [0.717, 1.165) is 5.56 Å². The average molecular weight is 498 g/mol. The van der Waals surface area contributed by atoms with Gasteiger partial charge in [-0.05, 0) is 42.0 Å². The number of carbonyl (C=O) groups is 1. The molecule has 1 aliphatic heterocycles. The Balaban J connectivity index is 1.94. The third-order valence-electron chi connectivity index (χ3n) is 5.62. The molecule has 174 valence electrons. The normalized spacial score (nSPS) is 17.9. The Hall–Kier alpha value is -1.76. The summed E-state index contributed by atoms with van der Waals surface area (Å²) < 4.78 is 29.7. The lowest BCUT2D eigenvalue weighted by Gasteiger charge is -2.29. The predicted molar refractivity (Wildman–Crippen MR) is 130 cm³/mol. The van der Waals surface area contributed by atoms with Gasteiger partial charge in [-0.25, -0.2) is 8.42 Å². The molecule has 0 saturated carbocycles. The molecule has 1 aliphatic rings. The van der Waals surface area contributed by atoms with E-state index in [-0.39, 0.29) is 32.9 Å². The minimum absolute atomic E-state index is 0.0172. The molecule has 1 fully saturated rings. The van der Waals surface area contributed by atoms with Gasteiger partial charge in [-0.15, -0.1) is 0 Å². The zero-order chi connectivity index (χ0) is 23.7. The number of hydrogen-bond acceptors (Lipinski definition) is 4. The zero-order valence-corrected chi connectivity index (χ0v) is 21.1. The topological polar surface area (TPSA) is 63.7 Å². The van der Waals surface area contributed by atoms with E-state index in [9.17, 15) is 13.2 Å². The molecule has 2 aromatic rings. The van der Waals surface area contributed by atoms with Gasteiger partial charge in [0.1, 0.15) is 0 Å². The summed E-state index contributed by atoms with van der Waals surface area (Å²) in [6.07, 6.45) is 0.409. The van der Waals surface area contributed by atoms with Crippen LogP contribution in [0.5, 0.6) is 5.75 Å². The Labute approximate surface area is 200 Å². The fourth-order valence-corrected chi connectivity index (χ4v) is 6.15. The molecule has 5 nitrogen and oxygen atoms in total. The van der Waals surface area contributed by atoms with Gasteiger partial charge in [0.25, 0.3) is 5.91 Å². The van der Waals surface area contributed by atoms with Crippen molar-refractivity contribution in [3.63, 3.8) is 0 Å². The van der Waals surface area contributed by atoms with Crippen LogP contribution in [-0.4, -0.2) is 43.4 Å². The monoisotopic (exact) mass is 497 g/mol. The lowest BCUT2D eigenvalue weighted by molar-refractivity contribution is 0.0681. The summed E-state index contributed by atoms with van der Waals surface area (Å²) in [7, 11) is -3.17. The van der Waals surface area contributed by atoms with Crippen LogP contribution in [0.3, 0.4) is 0 Å². The summed E-state index contributed by atoms with van der Waals surface area (Å²) in [5.74, 6) is 0.0611. The van der Waals surface area contributed by atoms with Gasteiger partial charge in [0.05, 0.1) is 28.2 Å². The molecule has 32 heavy (non-hydrogen) atoms. The van der Waals surface area contributed by atoms with Crippen molar-refractivity contribution in [2.75, 3.05) is 18.1 Å². The van der Waals surface area contributed by atoms with Crippen molar-refractivity contribution in [2.45, 2.75) is 52.1 Å². The predicted octanol–water partition coefficient (Wildman–Crippen LogP) is 5.52. The molecule has 0 aromatic heterocycles. The molecule has 1 heterocycles. The number of rotatable bonds is 6. The van der Waals surface area contributed by atoms with E-state index in [4.69, 9.17) is 27.9 Å². The highest BCUT2D eigenvalue weighted by Gasteiger charge is 2.35. The van der Waals surface area contributed by atoms with Crippen molar-refractivity contribution < 1.29 is 17.9 Å². The molecule has 8 heteroatoms. The summed E-state index contributed by atoms with van der Waals surface area (Å²) >= 11 is 12.6. The smallest absolute Gasteiger partial charge is 0.254 e. The summed E-state index contributed by atoms with van der Waals surface area (Å²) in [5.41, 5.74) is 2.44. The lowest BCUT2D eigenvalue weighted by atomic mass is 9.86. The van der Waals surface area contributed by atoms with Gasteiger partial charge in [0.2, 0.25) is 0 Å². The van der Waals surface area contributed by atoms with Crippen LogP contribution in [0.4, 0.5) is 0 Å². The van der Waals surface area contributed by atoms with E-state index in [1.165, 1.54) is 17.7 Å². The third kappa shape index (κ3) is 5.77. The van der Waals surface area contributed by atoms with E-state index < -0.39 is 15.9 Å². The molecule has 0 radical (unpaired) electrons. The highest BCUT2D eigenvalue weighted by atomic mass is 35.5. The van der Waals surface area contributed by atoms with E-state index >= 15 is 0 Å². The van der Waals surface area contributed by atoms with Crippen LogP contribution in [-0.2, 0) is 21.8 Å². The van der Waals surface area contributed by atoms with Crippen LogP contribution in [0.25, 0.3) is 0 Å². The summed E-state index contributed by atoms with van der Waals surface area (Å²) in [5, 5.41) is 0.493. The van der Waals surface area contributed by atoms with Gasteiger partial charge < -0.3 is 9.64 Å². The minimum Gasteiger partial charge on any atom is -0.491 e. The standard InChI is InChI=1S/C24H29Cl2NO4S/c1-5-31-22-20(25)12-17(13-21(22)26)23(28)27(19-10-11-32(29,30)15-19)14-16-6-8-18(9-7-16)24(2,3)4/h6-9,12-13,19H,5,10-11,14-15H2,1-4H3. The van der Waals surface area contributed by atoms with Crippen LogP contribution < -0.4 is 4.74 Å². The molecule has 1 unspecified atom stereocenters. The van der Waals surface area contributed by atoms with E-state index in [2.05, 4.69) is 20.8 Å². The molecule has 0 spiro atoms. The first-order valence-corrected chi connectivity index (χ1v) is 13.2. The van der Waals surface area contributed by atoms with Crippen LogP contribution in [0.15, 0.2) is 36.4 Å². The van der Waals surface area contributed by atoms with Gasteiger partial charge in [-0.2, -0.15) is 0 Å². The number of benzene rings is 2. The highest BCUT2D eigenvalue weighted by Crippen LogP contribution is 2.35. The number of hydrogen-bond donors (Lipinski definition) is 0. The van der Waals surface area contributed by atoms with E-state index in [1.807, 2.05) is 31.2 Å². The van der Waals surface area contributed by atoms with Crippen LogP contribution >= 0.6 is 23.2 Å². The molecule has 0 bridgehead atoms. The molecule has 2 aromatic carbocycles. The fraction of sp³-hybridized carbons (Fsp3) is 0.458. The molecule has 1 amide bonds. The molecule has 3 rings (SSSR count). The van der Waals surface area contributed by atoms with Gasteiger partial charge in [-0.1, -0.05) is 68.2 Å².